The second-order valence-corrected chi connectivity index (χ2v) is 13.5. The van der Waals surface area contributed by atoms with E-state index in [1.807, 2.05) is 0 Å². The molecule has 1 N–H and O–H groups in total. The molecule has 1 saturated carbocycles. The predicted octanol–water partition coefficient (Wildman–Crippen LogP) is 7.46. The summed E-state index contributed by atoms with van der Waals surface area (Å²) >= 11 is 12.3. The fourth-order valence-electron chi connectivity index (χ4n) is 5.41. The van der Waals surface area contributed by atoms with Crippen molar-refractivity contribution in [2.24, 2.45) is 0 Å². The highest BCUT2D eigenvalue weighted by Crippen LogP contribution is 2.38. The first-order valence-corrected chi connectivity index (χ1v) is 16.8. The zero-order chi connectivity index (χ0) is 32.8. The van der Waals surface area contributed by atoms with Gasteiger partial charge in [0.05, 0.1) is 21.2 Å². The zero-order valence-corrected chi connectivity index (χ0v) is 26.9. The first-order valence-electron chi connectivity index (χ1n) is 14.6. The lowest BCUT2D eigenvalue weighted by atomic mass is 9.95. The number of nitrogens with zero attached hydrogens (tertiary/aromatic N) is 2. The zero-order valence-electron chi connectivity index (χ0n) is 24.6. The van der Waals surface area contributed by atoms with Crippen molar-refractivity contribution >= 4 is 50.7 Å². The summed E-state index contributed by atoms with van der Waals surface area (Å²) in [6.07, 6.45) is -0.0648. The van der Waals surface area contributed by atoms with Crippen LogP contribution in [0.2, 0.25) is 10.0 Å². The molecule has 0 spiro atoms. The molecule has 13 heteroatoms. The third-order valence-corrected chi connectivity index (χ3v) is 10.3. The van der Waals surface area contributed by atoms with E-state index in [0.717, 1.165) is 44.2 Å². The lowest BCUT2D eigenvalue weighted by molar-refractivity contribution is -0.140. The highest BCUT2D eigenvalue weighted by Gasteiger charge is 2.37. The summed E-state index contributed by atoms with van der Waals surface area (Å²) in [6, 6.07) is 15.4. The molecule has 0 heterocycles. The van der Waals surface area contributed by atoms with Gasteiger partial charge < -0.3 is 10.2 Å². The van der Waals surface area contributed by atoms with Crippen molar-refractivity contribution in [2.75, 3.05) is 10.8 Å². The van der Waals surface area contributed by atoms with Crippen molar-refractivity contribution in [3.63, 3.8) is 0 Å². The van der Waals surface area contributed by atoms with Crippen LogP contribution in [0.5, 0.6) is 0 Å². The Morgan fingerprint density at radius 3 is 2.20 bits per heavy atom. The van der Waals surface area contributed by atoms with E-state index in [4.69, 9.17) is 23.2 Å². The van der Waals surface area contributed by atoms with Crippen LogP contribution in [0.15, 0.2) is 77.7 Å². The van der Waals surface area contributed by atoms with E-state index in [1.165, 1.54) is 29.2 Å². The largest absolute Gasteiger partial charge is 0.417 e. The van der Waals surface area contributed by atoms with E-state index < -0.39 is 56.9 Å². The summed E-state index contributed by atoms with van der Waals surface area (Å²) < 4.78 is 70.0. The Labute approximate surface area is 271 Å². The van der Waals surface area contributed by atoms with Gasteiger partial charge in [0.25, 0.3) is 10.0 Å². The number of anilines is 1. The molecule has 45 heavy (non-hydrogen) atoms. The maximum absolute atomic E-state index is 14.2. The van der Waals surface area contributed by atoms with Crippen LogP contribution in [0.4, 0.5) is 18.9 Å². The van der Waals surface area contributed by atoms with Crippen molar-refractivity contribution in [1.29, 1.82) is 0 Å². The van der Waals surface area contributed by atoms with Crippen LogP contribution in [-0.4, -0.2) is 43.8 Å². The Kier molecular flexibility index (Phi) is 11.4. The molecule has 1 aliphatic carbocycles. The number of nitrogens with one attached hydrogen (secondary N) is 1. The van der Waals surface area contributed by atoms with E-state index in [2.05, 4.69) is 5.32 Å². The van der Waals surface area contributed by atoms with Gasteiger partial charge in [-0.2, -0.15) is 13.2 Å². The fourth-order valence-corrected chi connectivity index (χ4v) is 7.26. The number of alkyl halides is 3. The summed E-state index contributed by atoms with van der Waals surface area (Å²) in [5.74, 6) is -1.20. The minimum Gasteiger partial charge on any atom is -0.352 e. The molecule has 0 radical (unpaired) electrons. The standard InChI is InChI=1S/C32H34Cl2F3N3O4S/c1-2-29(31(42)38-23-12-5-3-6-13-23)39(20-22-11-9-10-16-27(22)33)30(41)21-40(45(43,44)25-14-7-4-8-15-25)24-17-18-28(34)26(19-24)32(35,36)37/h4,7-11,14-19,23,29H,2-3,5-6,12-13,20-21H2,1H3,(H,38,42)/t29-/m1/s1. The minimum absolute atomic E-state index is 0.0534. The van der Waals surface area contributed by atoms with Gasteiger partial charge in [0.15, 0.2) is 0 Å². The van der Waals surface area contributed by atoms with E-state index in [-0.39, 0.29) is 23.9 Å². The molecule has 4 rings (SSSR count). The summed E-state index contributed by atoms with van der Waals surface area (Å²) in [4.78, 5) is 28.8. The van der Waals surface area contributed by atoms with Crippen molar-refractivity contribution in [2.45, 2.75) is 75.1 Å². The van der Waals surface area contributed by atoms with Crippen LogP contribution in [0.1, 0.15) is 56.6 Å². The summed E-state index contributed by atoms with van der Waals surface area (Å²) in [5, 5.41) is 2.75. The van der Waals surface area contributed by atoms with Gasteiger partial charge in [0.1, 0.15) is 12.6 Å². The lowest BCUT2D eigenvalue weighted by Gasteiger charge is -2.34. The minimum atomic E-state index is -4.89. The van der Waals surface area contributed by atoms with Gasteiger partial charge in [0, 0.05) is 17.6 Å². The highest BCUT2D eigenvalue weighted by molar-refractivity contribution is 7.92. The van der Waals surface area contributed by atoms with Crippen molar-refractivity contribution < 1.29 is 31.2 Å². The van der Waals surface area contributed by atoms with Gasteiger partial charge in [-0.25, -0.2) is 8.42 Å². The molecule has 0 aliphatic heterocycles. The van der Waals surface area contributed by atoms with Crippen molar-refractivity contribution in [1.82, 2.24) is 10.2 Å². The van der Waals surface area contributed by atoms with Gasteiger partial charge in [-0.05, 0) is 61.2 Å². The predicted molar refractivity (Wildman–Crippen MR) is 169 cm³/mol. The second-order valence-electron chi connectivity index (χ2n) is 10.9. The van der Waals surface area contributed by atoms with Crippen LogP contribution < -0.4 is 9.62 Å². The van der Waals surface area contributed by atoms with Crippen LogP contribution in [-0.2, 0) is 32.3 Å². The topological polar surface area (TPSA) is 86.8 Å². The number of carbonyl (C=O) groups is 2. The SMILES string of the molecule is CC[C@H](C(=O)NC1CCCCC1)N(Cc1ccccc1Cl)C(=O)CN(c1ccc(Cl)c(C(F)(F)F)c1)S(=O)(=O)c1ccccc1. The number of benzene rings is 3. The molecule has 7 nitrogen and oxygen atoms in total. The average molecular weight is 685 g/mol. The monoisotopic (exact) mass is 683 g/mol. The molecule has 242 valence electrons. The normalized spacial score (nSPS) is 14.9. The van der Waals surface area contributed by atoms with Crippen LogP contribution in [0.25, 0.3) is 0 Å². The second kappa shape index (κ2) is 14.9. The Bertz CT molecular complexity index is 1600. The van der Waals surface area contributed by atoms with Gasteiger partial charge >= 0.3 is 6.18 Å². The van der Waals surface area contributed by atoms with Crippen LogP contribution in [0, 0.1) is 0 Å². The third-order valence-electron chi connectivity index (χ3n) is 7.79. The number of carbonyl (C=O) groups excluding carboxylic acids is 2. The van der Waals surface area contributed by atoms with Gasteiger partial charge in [-0.15, -0.1) is 0 Å². The Hall–Kier alpha value is -3.28. The van der Waals surface area contributed by atoms with E-state index in [0.29, 0.717) is 21.0 Å². The highest BCUT2D eigenvalue weighted by atomic mass is 35.5. The number of hydrogen-bond donors (Lipinski definition) is 1. The first-order chi connectivity index (χ1) is 21.3. The number of hydrogen-bond acceptors (Lipinski definition) is 4. The van der Waals surface area contributed by atoms with Crippen LogP contribution >= 0.6 is 23.2 Å². The molecule has 0 aromatic heterocycles. The quantitative estimate of drug-likeness (QED) is 0.227. The Morgan fingerprint density at radius 1 is 0.933 bits per heavy atom. The summed E-state index contributed by atoms with van der Waals surface area (Å²) in [5.41, 5.74) is -1.16. The average Bonchev–Trinajstić information content (AvgIpc) is 3.01. The maximum Gasteiger partial charge on any atom is 0.417 e. The molecule has 0 unspecified atom stereocenters. The number of halogens is 5. The van der Waals surface area contributed by atoms with E-state index in [1.54, 1.807) is 37.3 Å². The van der Waals surface area contributed by atoms with Crippen molar-refractivity contribution in [3.8, 4) is 0 Å². The van der Waals surface area contributed by atoms with Gasteiger partial charge in [-0.3, -0.25) is 13.9 Å². The summed E-state index contributed by atoms with van der Waals surface area (Å²) in [6.45, 7) is 0.696. The molecule has 1 atom stereocenters. The maximum atomic E-state index is 14.2. The fraction of sp³-hybridized carbons (Fsp3) is 0.375. The van der Waals surface area contributed by atoms with E-state index >= 15 is 0 Å². The van der Waals surface area contributed by atoms with Crippen LogP contribution in [0.3, 0.4) is 0 Å². The summed E-state index contributed by atoms with van der Waals surface area (Å²) in [7, 11) is -4.57. The van der Waals surface area contributed by atoms with Gasteiger partial charge in [-0.1, -0.05) is 85.8 Å². The molecule has 3 aromatic carbocycles. The molecule has 0 saturated heterocycles. The Morgan fingerprint density at radius 2 is 1.58 bits per heavy atom. The third kappa shape index (κ3) is 8.51. The van der Waals surface area contributed by atoms with Crippen molar-refractivity contribution in [3.05, 3.63) is 94.0 Å². The molecule has 3 aromatic rings. The number of rotatable bonds is 11. The molecule has 1 fully saturated rings. The number of amides is 2. The molecule has 0 bridgehead atoms. The smallest absolute Gasteiger partial charge is 0.352 e. The van der Waals surface area contributed by atoms with E-state index in [9.17, 15) is 31.2 Å². The molecule has 2 amide bonds. The lowest BCUT2D eigenvalue weighted by Crippen LogP contribution is -2.54. The Balaban J connectivity index is 1.77. The molecular formula is C32H34Cl2F3N3O4S. The first kappa shape index (κ1) is 34.6. The van der Waals surface area contributed by atoms with Gasteiger partial charge in [0.2, 0.25) is 11.8 Å². The molecule has 1 aliphatic rings. The number of sulfonamides is 1. The molecular weight excluding hydrogens is 650 g/mol.